The van der Waals surface area contributed by atoms with Crippen LogP contribution in [0.5, 0.6) is 5.75 Å². The Bertz CT molecular complexity index is 529. The van der Waals surface area contributed by atoms with Gasteiger partial charge in [0.05, 0.1) is 12.8 Å². The molecule has 2 rings (SSSR count). The Morgan fingerprint density at radius 2 is 1.96 bits per heavy atom. The zero-order chi connectivity index (χ0) is 17.0. The predicted octanol–water partition coefficient (Wildman–Crippen LogP) is 4.73. The molecule has 3 unspecified atom stereocenters. The van der Waals surface area contributed by atoms with Crippen LogP contribution in [-0.2, 0) is 4.74 Å². The molecular weight excluding hydrogens is 290 g/mol. The largest absolute Gasteiger partial charge is 0.495 e. The van der Waals surface area contributed by atoms with Crippen LogP contribution in [0.15, 0.2) is 24.3 Å². The van der Waals surface area contributed by atoms with Crippen LogP contribution in [0.2, 0.25) is 0 Å². The number of ether oxygens (including phenoxy) is 2. The van der Waals surface area contributed by atoms with E-state index in [9.17, 15) is 4.79 Å². The molecule has 0 N–H and O–H groups in total. The van der Waals surface area contributed by atoms with E-state index in [1.54, 1.807) is 14.2 Å². The maximum Gasteiger partial charge on any atom is 0.414 e. The molecule has 0 heterocycles. The van der Waals surface area contributed by atoms with Gasteiger partial charge in [0.2, 0.25) is 0 Å². The number of anilines is 1. The Hall–Kier alpha value is -1.71. The van der Waals surface area contributed by atoms with Gasteiger partial charge < -0.3 is 9.47 Å². The lowest BCUT2D eigenvalue weighted by molar-refractivity contribution is 0.00986. The van der Waals surface area contributed by atoms with Gasteiger partial charge in [0.25, 0.3) is 0 Å². The van der Waals surface area contributed by atoms with E-state index in [4.69, 9.17) is 9.47 Å². The molecule has 1 fully saturated rings. The van der Waals surface area contributed by atoms with E-state index in [2.05, 4.69) is 20.8 Å². The average molecular weight is 319 g/mol. The van der Waals surface area contributed by atoms with Crippen LogP contribution >= 0.6 is 0 Å². The Labute approximate surface area is 139 Å². The third-order valence-corrected chi connectivity index (χ3v) is 4.93. The van der Waals surface area contributed by atoms with Gasteiger partial charge in [0.15, 0.2) is 0 Å². The van der Waals surface area contributed by atoms with Crippen molar-refractivity contribution in [2.45, 2.75) is 46.1 Å². The Morgan fingerprint density at radius 1 is 1.26 bits per heavy atom. The normalized spacial score (nSPS) is 24.3. The van der Waals surface area contributed by atoms with Crippen LogP contribution in [0.3, 0.4) is 0 Å². The van der Waals surface area contributed by atoms with Crippen molar-refractivity contribution in [1.29, 1.82) is 0 Å². The summed E-state index contributed by atoms with van der Waals surface area (Å²) in [5, 5.41) is 0. The summed E-state index contributed by atoms with van der Waals surface area (Å²) in [6.45, 7) is 6.66. The summed E-state index contributed by atoms with van der Waals surface area (Å²) in [5.41, 5.74) is 0.727. The quantitative estimate of drug-likeness (QED) is 0.805. The number of carbonyl (C=O) groups excluding carboxylic acids is 1. The highest BCUT2D eigenvalue weighted by molar-refractivity contribution is 5.89. The summed E-state index contributed by atoms with van der Waals surface area (Å²) in [5.74, 6) is 2.25. The summed E-state index contributed by atoms with van der Waals surface area (Å²) in [7, 11) is 3.34. The number of amides is 1. The molecule has 0 aliphatic heterocycles. The molecule has 1 saturated carbocycles. The lowest BCUT2D eigenvalue weighted by Gasteiger charge is -2.37. The second-order valence-corrected chi connectivity index (χ2v) is 6.98. The third kappa shape index (κ3) is 4.18. The van der Waals surface area contributed by atoms with Gasteiger partial charge in [-0.05, 0) is 42.7 Å². The summed E-state index contributed by atoms with van der Waals surface area (Å²) < 4.78 is 11.2. The second kappa shape index (κ2) is 7.71. The van der Waals surface area contributed by atoms with E-state index >= 15 is 0 Å². The Balaban J connectivity index is 2.10. The van der Waals surface area contributed by atoms with Crippen molar-refractivity contribution in [1.82, 2.24) is 0 Å². The van der Waals surface area contributed by atoms with Gasteiger partial charge in [-0.2, -0.15) is 0 Å². The molecule has 1 aromatic rings. The molecule has 0 spiro atoms. The van der Waals surface area contributed by atoms with Crippen molar-refractivity contribution in [3.63, 3.8) is 0 Å². The SMILES string of the molecule is COc1ccccc1N(C)C(=O)OC1CC(C)CCC1C(C)C. The maximum absolute atomic E-state index is 12.6. The van der Waals surface area contributed by atoms with E-state index in [1.807, 2.05) is 24.3 Å². The van der Waals surface area contributed by atoms with Crippen LogP contribution < -0.4 is 9.64 Å². The fraction of sp³-hybridized carbons (Fsp3) is 0.632. The molecule has 3 atom stereocenters. The Kier molecular flexibility index (Phi) is 5.91. The zero-order valence-electron chi connectivity index (χ0n) is 14.9. The summed E-state index contributed by atoms with van der Waals surface area (Å²) >= 11 is 0. The number of methoxy groups -OCH3 is 1. The van der Waals surface area contributed by atoms with Crippen LogP contribution in [-0.4, -0.2) is 26.4 Å². The number of hydrogen-bond acceptors (Lipinski definition) is 3. The van der Waals surface area contributed by atoms with E-state index in [1.165, 1.54) is 11.3 Å². The van der Waals surface area contributed by atoms with Gasteiger partial charge in [0.1, 0.15) is 11.9 Å². The smallest absolute Gasteiger partial charge is 0.414 e. The Morgan fingerprint density at radius 3 is 2.61 bits per heavy atom. The monoisotopic (exact) mass is 319 g/mol. The molecular formula is C19H29NO3. The van der Waals surface area contributed by atoms with Crippen LogP contribution in [0.25, 0.3) is 0 Å². The summed E-state index contributed by atoms with van der Waals surface area (Å²) in [6.07, 6.45) is 3.01. The molecule has 0 saturated heterocycles. The van der Waals surface area contributed by atoms with Crippen molar-refractivity contribution in [3.8, 4) is 5.75 Å². The summed E-state index contributed by atoms with van der Waals surface area (Å²) in [4.78, 5) is 14.1. The molecule has 1 amide bonds. The molecule has 0 radical (unpaired) electrons. The van der Waals surface area contributed by atoms with E-state index in [0.29, 0.717) is 23.5 Å². The molecule has 0 bridgehead atoms. The van der Waals surface area contributed by atoms with Gasteiger partial charge in [-0.3, -0.25) is 4.90 Å². The van der Waals surface area contributed by atoms with Crippen LogP contribution in [0.1, 0.15) is 40.0 Å². The molecule has 4 nitrogen and oxygen atoms in total. The third-order valence-electron chi connectivity index (χ3n) is 4.93. The van der Waals surface area contributed by atoms with Gasteiger partial charge in [-0.25, -0.2) is 4.79 Å². The van der Waals surface area contributed by atoms with Crippen molar-refractivity contribution in [3.05, 3.63) is 24.3 Å². The minimum atomic E-state index is -0.306. The minimum absolute atomic E-state index is 0.00315. The summed E-state index contributed by atoms with van der Waals surface area (Å²) in [6, 6.07) is 7.49. The first-order valence-corrected chi connectivity index (χ1v) is 8.51. The minimum Gasteiger partial charge on any atom is -0.495 e. The first kappa shape index (κ1) is 17.6. The number of para-hydroxylation sites is 2. The highest BCUT2D eigenvalue weighted by atomic mass is 16.6. The lowest BCUT2D eigenvalue weighted by atomic mass is 9.75. The molecule has 128 valence electrons. The van der Waals surface area contributed by atoms with Crippen LogP contribution in [0.4, 0.5) is 10.5 Å². The number of carbonyl (C=O) groups is 1. The fourth-order valence-corrected chi connectivity index (χ4v) is 3.46. The molecule has 1 aliphatic rings. The van der Waals surface area contributed by atoms with Crippen molar-refractivity contribution in [2.24, 2.45) is 17.8 Å². The lowest BCUT2D eigenvalue weighted by Crippen LogP contribution is -2.39. The van der Waals surface area contributed by atoms with E-state index in [0.717, 1.165) is 18.5 Å². The fourth-order valence-electron chi connectivity index (χ4n) is 3.46. The van der Waals surface area contributed by atoms with Crippen molar-refractivity contribution >= 4 is 11.8 Å². The standard InChI is InChI=1S/C19H29NO3/c1-13(2)15-11-10-14(3)12-18(15)23-19(21)20(4)16-8-6-7-9-17(16)22-5/h6-9,13-15,18H,10-12H2,1-5H3. The molecule has 1 aliphatic carbocycles. The van der Waals surface area contributed by atoms with E-state index in [-0.39, 0.29) is 12.2 Å². The molecule has 1 aromatic carbocycles. The van der Waals surface area contributed by atoms with Gasteiger partial charge in [-0.1, -0.05) is 39.3 Å². The number of benzene rings is 1. The van der Waals surface area contributed by atoms with Gasteiger partial charge in [-0.15, -0.1) is 0 Å². The first-order chi connectivity index (χ1) is 10.9. The molecule has 23 heavy (non-hydrogen) atoms. The highest BCUT2D eigenvalue weighted by Crippen LogP contribution is 2.36. The molecule has 4 heteroatoms. The van der Waals surface area contributed by atoms with Gasteiger partial charge >= 0.3 is 6.09 Å². The van der Waals surface area contributed by atoms with E-state index < -0.39 is 0 Å². The van der Waals surface area contributed by atoms with Gasteiger partial charge in [0, 0.05) is 7.05 Å². The van der Waals surface area contributed by atoms with Crippen molar-refractivity contribution in [2.75, 3.05) is 19.1 Å². The highest BCUT2D eigenvalue weighted by Gasteiger charge is 2.34. The average Bonchev–Trinajstić information content (AvgIpc) is 2.53. The number of nitrogens with zero attached hydrogens (tertiary/aromatic N) is 1. The maximum atomic E-state index is 12.6. The van der Waals surface area contributed by atoms with Crippen LogP contribution in [0, 0.1) is 17.8 Å². The number of hydrogen-bond donors (Lipinski definition) is 0. The second-order valence-electron chi connectivity index (χ2n) is 6.98. The predicted molar refractivity (Wildman–Crippen MR) is 93.0 cm³/mol. The zero-order valence-corrected chi connectivity index (χ0v) is 14.9. The topological polar surface area (TPSA) is 38.8 Å². The van der Waals surface area contributed by atoms with Crippen molar-refractivity contribution < 1.29 is 14.3 Å². The molecule has 0 aromatic heterocycles. The first-order valence-electron chi connectivity index (χ1n) is 8.51. The number of rotatable bonds is 4.